The SMILES string of the molecule is CC[C@@H](CF)NC(=O)Nc1ccccc1. The topological polar surface area (TPSA) is 41.1 Å². The van der Waals surface area contributed by atoms with E-state index in [0.29, 0.717) is 12.1 Å². The first-order valence-corrected chi connectivity index (χ1v) is 4.94. The Labute approximate surface area is 88.7 Å². The Morgan fingerprint density at radius 2 is 2.07 bits per heavy atom. The highest BCUT2D eigenvalue weighted by Crippen LogP contribution is 2.04. The summed E-state index contributed by atoms with van der Waals surface area (Å²) in [7, 11) is 0. The number of hydrogen-bond donors (Lipinski definition) is 2. The normalized spacial score (nSPS) is 11.9. The number of amides is 2. The van der Waals surface area contributed by atoms with Crippen molar-refractivity contribution in [1.29, 1.82) is 0 Å². The molecule has 1 aromatic rings. The fraction of sp³-hybridized carbons (Fsp3) is 0.364. The lowest BCUT2D eigenvalue weighted by Gasteiger charge is -2.13. The summed E-state index contributed by atoms with van der Waals surface area (Å²) in [6.07, 6.45) is 0.582. The summed E-state index contributed by atoms with van der Waals surface area (Å²) in [5.74, 6) is 0. The van der Waals surface area contributed by atoms with Crippen molar-refractivity contribution in [2.45, 2.75) is 19.4 Å². The zero-order chi connectivity index (χ0) is 11.1. The van der Waals surface area contributed by atoms with Crippen molar-refractivity contribution in [3.8, 4) is 0 Å². The standard InChI is InChI=1S/C11H15FN2O/c1-2-9(8-12)13-11(15)14-10-6-4-3-5-7-10/h3-7,9H,2,8H2,1H3,(H2,13,14,15)/t9-/m0/s1. The van der Waals surface area contributed by atoms with Crippen LogP contribution in [0, 0.1) is 0 Å². The Balaban J connectivity index is 2.43. The highest BCUT2D eigenvalue weighted by Gasteiger charge is 2.09. The van der Waals surface area contributed by atoms with Crippen molar-refractivity contribution in [2.24, 2.45) is 0 Å². The van der Waals surface area contributed by atoms with E-state index >= 15 is 0 Å². The molecule has 0 fully saturated rings. The van der Waals surface area contributed by atoms with Crippen molar-refractivity contribution < 1.29 is 9.18 Å². The molecule has 15 heavy (non-hydrogen) atoms. The van der Waals surface area contributed by atoms with Gasteiger partial charge in [0, 0.05) is 5.69 Å². The summed E-state index contributed by atoms with van der Waals surface area (Å²) in [5, 5.41) is 5.16. The second kappa shape index (κ2) is 6.01. The molecule has 0 spiro atoms. The van der Waals surface area contributed by atoms with Gasteiger partial charge < -0.3 is 10.6 Å². The van der Waals surface area contributed by atoms with E-state index in [0.717, 1.165) is 0 Å². The van der Waals surface area contributed by atoms with Gasteiger partial charge in [0.05, 0.1) is 6.04 Å². The number of anilines is 1. The van der Waals surface area contributed by atoms with Crippen LogP contribution in [0.2, 0.25) is 0 Å². The van der Waals surface area contributed by atoms with Crippen LogP contribution in [0.5, 0.6) is 0 Å². The monoisotopic (exact) mass is 210 g/mol. The number of hydrogen-bond acceptors (Lipinski definition) is 1. The van der Waals surface area contributed by atoms with Crippen LogP contribution in [-0.4, -0.2) is 18.7 Å². The molecule has 0 radical (unpaired) electrons. The predicted octanol–water partition coefficient (Wildman–Crippen LogP) is 2.56. The molecule has 0 aromatic heterocycles. The summed E-state index contributed by atoms with van der Waals surface area (Å²) in [6.45, 7) is 1.28. The number of carbonyl (C=O) groups is 1. The average molecular weight is 210 g/mol. The fourth-order valence-electron chi connectivity index (χ4n) is 1.12. The average Bonchev–Trinajstić information content (AvgIpc) is 2.27. The van der Waals surface area contributed by atoms with Crippen LogP contribution in [0.15, 0.2) is 30.3 Å². The van der Waals surface area contributed by atoms with E-state index < -0.39 is 12.7 Å². The Kier molecular flexibility index (Phi) is 4.60. The maximum absolute atomic E-state index is 12.3. The van der Waals surface area contributed by atoms with Gasteiger partial charge in [-0.2, -0.15) is 0 Å². The number of para-hydroxylation sites is 1. The third-order valence-electron chi connectivity index (χ3n) is 2.05. The number of benzene rings is 1. The molecule has 3 nitrogen and oxygen atoms in total. The minimum absolute atomic E-state index is 0.370. The molecule has 2 N–H and O–H groups in total. The molecule has 1 atom stereocenters. The number of rotatable bonds is 4. The van der Waals surface area contributed by atoms with Crippen LogP contribution in [0.25, 0.3) is 0 Å². The molecule has 1 rings (SSSR count). The van der Waals surface area contributed by atoms with Gasteiger partial charge in [-0.15, -0.1) is 0 Å². The van der Waals surface area contributed by atoms with Gasteiger partial charge in [-0.3, -0.25) is 0 Å². The summed E-state index contributed by atoms with van der Waals surface area (Å²) in [6, 6.07) is 8.27. The summed E-state index contributed by atoms with van der Waals surface area (Å²) < 4.78 is 12.3. The largest absolute Gasteiger partial charge is 0.333 e. The van der Waals surface area contributed by atoms with Gasteiger partial charge in [-0.25, -0.2) is 9.18 Å². The smallest absolute Gasteiger partial charge is 0.319 e. The zero-order valence-electron chi connectivity index (χ0n) is 8.66. The van der Waals surface area contributed by atoms with Crippen LogP contribution < -0.4 is 10.6 Å². The summed E-state index contributed by atoms with van der Waals surface area (Å²) in [5.41, 5.74) is 0.698. The lowest BCUT2D eigenvalue weighted by atomic mass is 10.2. The molecular formula is C11H15FN2O. The van der Waals surface area contributed by atoms with Gasteiger partial charge in [0.25, 0.3) is 0 Å². The molecule has 0 saturated carbocycles. The van der Waals surface area contributed by atoms with Crippen molar-refractivity contribution >= 4 is 11.7 Å². The third kappa shape index (κ3) is 3.97. The summed E-state index contributed by atoms with van der Waals surface area (Å²) in [4.78, 5) is 11.4. The van der Waals surface area contributed by atoms with Crippen LogP contribution in [0.4, 0.5) is 14.9 Å². The molecule has 0 aliphatic rings. The first-order valence-electron chi connectivity index (χ1n) is 4.94. The van der Waals surface area contributed by atoms with E-state index in [2.05, 4.69) is 10.6 Å². The quantitative estimate of drug-likeness (QED) is 0.787. The maximum Gasteiger partial charge on any atom is 0.319 e. The molecule has 4 heteroatoms. The Morgan fingerprint density at radius 1 is 1.40 bits per heavy atom. The van der Waals surface area contributed by atoms with E-state index in [4.69, 9.17) is 0 Å². The van der Waals surface area contributed by atoms with Crippen LogP contribution >= 0.6 is 0 Å². The Bertz CT molecular complexity index is 299. The first kappa shape index (κ1) is 11.5. The predicted molar refractivity (Wildman–Crippen MR) is 58.7 cm³/mol. The van der Waals surface area contributed by atoms with Crippen LogP contribution in [0.1, 0.15) is 13.3 Å². The van der Waals surface area contributed by atoms with Gasteiger partial charge in [-0.1, -0.05) is 25.1 Å². The lowest BCUT2D eigenvalue weighted by Crippen LogP contribution is -2.38. The van der Waals surface area contributed by atoms with Crippen molar-refractivity contribution in [1.82, 2.24) is 5.32 Å². The third-order valence-corrected chi connectivity index (χ3v) is 2.05. The van der Waals surface area contributed by atoms with Crippen molar-refractivity contribution in [3.63, 3.8) is 0 Å². The van der Waals surface area contributed by atoms with Gasteiger partial charge >= 0.3 is 6.03 Å². The molecule has 2 amide bonds. The number of halogens is 1. The molecule has 0 heterocycles. The molecule has 82 valence electrons. The molecule has 0 saturated heterocycles. The minimum Gasteiger partial charge on any atom is -0.333 e. The molecule has 0 bridgehead atoms. The Morgan fingerprint density at radius 3 is 2.60 bits per heavy atom. The molecule has 0 unspecified atom stereocenters. The van der Waals surface area contributed by atoms with E-state index in [9.17, 15) is 9.18 Å². The Hall–Kier alpha value is -1.58. The second-order valence-electron chi connectivity index (χ2n) is 3.22. The number of alkyl halides is 1. The van der Waals surface area contributed by atoms with Gasteiger partial charge in [0.15, 0.2) is 0 Å². The zero-order valence-corrected chi connectivity index (χ0v) is 8.66. The van der Waals surface area contributed by atoms with Crippen molar-refractivity contribution in [2.75, 3.05) is 12.0 Å². The highest BCUT2D eigenvalue weighted by atomic mass is 19.1. The van der Waals surface area contributed by atoms with E-state index in [-0.39, 0.29) is 6.03 Å². The minimum atomic E-state index is -0.543. The molecular weight excluding hydrogens is 195 g/mol. The second-order valence-corrected chi connectivity index (χ2v) is 3.22. The molecule has 0 aliphatic heterocycles. The number of carbonyl (C=O) groups excluding carboxylic acids is 1. The van der Waals surface area contributed by atoms with Crippen LogP contribution in [-0.2, 0) is 0 Å². The van der Waals surface area contributed by atoms with Gasteiger partial charge in [0.1, 0.15) is 6.67 Å². The van der Waals surface area contributed by atoms with Gasteiger partial charge in [-0.05, 0) is 18.6 Å². The van der Waals surface area contributed by atoms with Gasteiger partial charge in [0.2, 0.25) is 0 Å². The van der Waals surface area contributed by atoms with E-state index in [1.54, 1.807) is 12.1 Å². The lowest BCUT2D eigenvalue weighted by molar-refractivity contribution is 0.244. The number of urea groups is 1. The molecule has 1 aromatic carbocycles. The first-order chi connectivity index (χ1) is 7.26. The number of nitrogens with one attached hydrogen (secondary N) is 2. The summed E-state index contributed by atoms with van der Waals surface area (Å²) >= 11 is 0. The van der Waals surface area contributed by atoms with E-state index in [1.807, 2.05) is 25.1 Å². The fourth-order valence-corrected chi connectivity index (χ4v) is 1.12. The van der Waals surface area contributed by atoms with Crippen LogP contribution in [0.3, 0.4) is 0 Å². The maximum atomic E-state index is 12.3. The van der Waals surface area contributed by atoms with Crippen molar-refractivity contribution in [3.05, 3.63) is 30.3 Å². The highest BCUT2D eigenvalue weighted by molar-refractivity contribution is 5.89. The molecule has 0 aliphatic carbocycles. The van der Waals surface area contributed by atoms with E-state index in [1.165, 1.54) is 0 Å².